The van der Waals surface area contributed by atoms with Crippen molar-refractivity contribution in [3.8, 4) is 11.5 Å². The van der Waals surface area contributed by atoms with Crippen molar-refractivity contribution < 1.29 is 9.53 Å². The molecule has 0 aromatic heterocycles. The summed E-state index contributed by atoms with van der Waals surface area (Å²) in [5.74, 6) is 1.32. The first kappa shape index (κ1) is 18.0. The molecule has 1 amide bonds. The van der Waals surface area contributed by atoms with Crippen molar-refractivity contribution in [1.82, 2.24) is 0 Å². The highest BCUT2D eigenvalue weighted by Crippen LogP contribution is 2.25. The molecule has 26 heavy (non-hydrogen) atoms. The molecule has 0 heterocycles. The Morgan fingerprint density at radius 1 is 0.923 bits per heavy atom. The number of nitrogens with one attached hydrogen (secondary N) is 1. The van der Waals surface area contributed by atoms with Crippen LogP contribution in [0.1, 0.15) is 10.4 Å². The van der Waals surface area contributed by atoms with Crippen LogP contribution in [0.3, 0.4) is 0 Å². The maximum Gasteiger partial charge on any atom is 0.255 e. The first-order valence-corrected chi connectivity index (χ1v) is 8.93. The molecular weight excluding hydrogens is 392 g/mol. The zero-order chi connectivity index (χ0) is 18.5. The van der Waals surface area contributed by atoms with Gasteiger partial charge in [-0.05, 0) is 66.7 Å². The van der Waals surface area contributed by atoms with Crippen LogP contribution in [-0.2, 0) is 0 Å². The van der Waals surface area contributed by atoms with E-state index in [0.29, 0.717) is 17.0 Å². The number of carbonyl (C=O) groups is 1. The minimum atomic E-state index is -0.143. The molecule has 0 saturated carbocycles. The van der Waals surface area contributed by atoms with Gasteiger partial charge in [0.2, 0.25) is 0 Å². The largest absolute Gasteiger partial charge is 0.457 e. The van der Waals surface area contributed by atoms with Gasteiger partial charge in [0.25, 0.3) is 5.91 Å². The van der Waals surface area contributed by atoms with E-state index in [4.69, 9.17) is 4.74 Å². The summed E-state index contributed by atoms with van der Waals surface area (Å²) in [5, 5.41) is 2.90. The highest BCUT2D eigenvalue weighted by molar-refractivity contribution is 9.10. The molecule has 0 aliphatic rings. The average molecular weight is 411 g/mol. The van der Waals surface area contributed by atoms with E-state index in [1.54, 1.807) is 6.07 Å². The lowest BCUT2D eigenvalue weighted by atomic mass is 10.1. The van der Waals surface area contributed by atoms with Gasteiger partial charge in [0, 0.05) is 35.5 Å². The SMILES string of the molecule is CN(C)c1cccc(C(=O)Nc2ccc(Oc3ccc(Br)cc3)cc2)c1. The first-order chi connectivity index (χ1) is 12.5. The van der Waals surface area contributed by atoms with Crippen LogP contribution in [0.2, 0.25) is 0 Å². The Kier molecular flexibility index (Phi) is 5.58. The van der Waals surface area contributed by atoms with Crippen LogP contribution in [0.15, 0.2) is 77.3 Å². The van der Waals surface area contributed by atoms with E-state index in [2.05, 4.69) is 21.2 Å². The van der Waals surface area contributed by atoms with Crippen LogP contribution in [0, 0.1) is 0 Å². The smallest absolute Gasteiger partial charge is 0.255 e. The van der Waals surface area contributed by atoms with E-state index >= 15 is 0 Å². The number of halogens is 1. The van der Waals surface area contributed by atoms with Gasteiger partial charge in [-0.15, -0.1) is 0 Å². The molecule has 5 heteroatoms. The van der Waals surface area contributed by atoms with E-state index < -0.39 is 0 Å². The number of hydrogen-bond donors (Lipinski definition) is 1. The summed E-state index contributed by atoms with van der Waals surface area (Å²) in [6.45, 7) is 0. The quantitative estimate of drug-likeness (QED) is 0.598. The highest BCUT2D eigenvalue weighted by atomic mass is 79.9. The molecule has 132 valence electrons. The fourth-order valence-corrected chi connectivity index (χ4v) is 2.64. The lowest BCUT2D eigenvalue weighted by Gasteiger charge is -2.13. The summed E-state index contributed by atoms with van der Waals surface area (Å²) in [6.07, 6.45) is 0. The van der Waals surface area contributed by atoms with Gasteiger partial charge in [0.1, 0.15) is 11.5 Å². The Labute approximate surface area is 161 Å². The van der Waals surface area contributed by atoms with Crippen molar-refractivity contribution in [2.45, 2.75) is 0 Å². The lowest BCUT2D eigenvalue weighted by molar-refractivity contribution is 0.102. The Morgan fingerprint density at radius 2 is 1.54 bits per heavy atom. The van der Waals surface area contributed by atoms with E-state index in [9.17, 15) is 4.79 Å². The monoisotopic (exact) mass is 410 g/mol. The molecule has 3 aromatic carbocycles. The van der Waals surface area contributed by atoms with Crippen LogP contribution in [0.5, 0.6) is 11.5 Å². The van der Waals surface area contributed by atoms with E-state index in [-0.39, 0.29) is 5.91 Å². The molecular formula is C21H19BrN2O2. The lowest BCUT2D eigenvalue weighted by Crippen LogP contribution is -2.14. The fourth-order valence-electron chi connectivity index (χ4n) is 2.37. The predicted molar refractivity (Wildman–Crippen MR) is 109 cm³/mol. The number of hydrogen-bond acceptors (Lipinski definition) is 3. The van der Waals surface area contributed by atoms with Gasteiger partial charge in [-0.1, -0.05) is 22.0 Å². The number of anilines is 2. The predicted octanol–water partition coefficient (Wildman–Crippen LogP) is 5.56. The average Bonchev–Trinajstić information content (AvgIpc) is 2.65. The second kappa shape index (κ2) is 8.06. The van der Waals surface area contributed by atoms with Crippen molar-refractivity contribution in [2.75, 3.05) is 24.3 Å². The fraction of sp³-hybridized carbons (Fsp3) is 0.0952. The summed E-state index contributed by atoms with van der Waals surface area (Å²) < 4.78 is 6.78. The van der Waals surface area contributed by atoms with Gasteiger partial charge in [0.15, 0.2) is 0 Å². The van der Waals surface area contributed by atoms with Crippen LogP contribution < -0.4 is 15.0 Å². The van der Waals surface area contributed by atoms with Crippen molar-refractivity contribution in [2.24, 2.45) is 0 Å². The summed E-state index contributed by atoms with van der Waals surface area (Å²) in [7, 11) is 3.89. The molecule has 0 fully saturated rings. The van der Waals surface area contributed by atoms with E-state index in [1.807, 2.05) is 85.7 Å². The number of carbonyl (C=O) groups excluding carboxylic acids is 1. The number of nitrogens with zero attached hydrogens (tertiary/aromatic N) is 1. The topological polar surface area (TPSA) is 41.6 Å². The van der Waals surface area contributed by atoms with Gasteiger partial charge in [-0.2, -0.15) is 0 Å². The van der Waals surface area contributed by atoms with E-state index in [1.165, 1.54) is 0 Å². The normalized spacial score (nSPS) is 10.3. The molecule has 1 N–H and O–H groups in total. The summed E-state index contributed by atoms with van der Waals surface area (Å²) >= 11 is 3.40. The molecule has 0 spiro atoms. The number of ether oxygens (including phenoxy) is 1. The van der Waals surface area contributed by atoms with Gasteiger partial charge in [-0.3, -0.25) is 4.79 Å². The third kappa shape index (κ3) is 4.64. The molecule has 0 unspecified atom stereocenters. The molecule has 3 aromatic rings. The number of benzene rings is 3. The first-order valence-electron chi connectivity index (χ1n) is 8.13. The third-order valence-corrected chi connectivity index (χ3v) is 4.31. The molecule has 0 aliphatic carbocycles. The molecule has 3 rings (SSSR count). The summed E-state index contributed by atoms with van der Waals surface area (Å²) in [6, 6.07) is 22.4. The van der Waals surface area contributed by atoms with Crippen LogP contribution in [-0.4, -0.2) is 20.0 Å². The van der Waals surface area contributed by atoms with Crippen LogP contribution >= 0.6 is 15.9 Å². The van der Waals surface area contributed by atoms with Crippen LogP contribution in [0.25, 0.3) is 0 Å². The maximum absolute atomic E-state index is 12.4. The van der Waals surface area contributed by atoms with Crippen molar-refractivity contribution >= 4 is 33.2 Å². The molecule has 0 bridgehead atoms. The van der Waals surface area contributed by atoms with Gasteiger partial charge < -0.3 is 15.0 Å². The summed E-state index contributed by atoms with van der Waals surface area (Å²) in [4.78, 5) is 14.4. The zero-order valence-electron chi connectivity index (χ0n) is 14.6. The Morgan fingerprint density at radius 3 is 2.15 bits per heavy atom. The Bertz CT molecular complexity index is 891. The molecule has 0 saturated heterocycles. The highest BCUT2D eigenvalue weighted by Gasteiger charge is 2.08. The van der Waals surface area contributed by atoms with Gasteiger partial charge in [0.05, 0.1) is 0 Å². The summed E-state index contributed by atoms with van der Waals surface area (Å²) in [5.41, 5.74) is 2.32. The minimum absolute atomic E-state index is 0.143. The minimum Gasteiger partial charge on any atom is -0.457 e. The molecule has 0 atom stereocenters. The van der Waals surface area contributed by atoms with Crippen LogP contribution in [0.4, 0.5) is 11.4 Å². The van der Waals surface area contributed by atoms with Gasteiger partial charge >= 0.3 is 0 Å². The molecule has 0 radical (unpaired) electrons. The Balaban J connectivity index is 1.66. The number of amides is 1. The number of rotatable bonds is 5. The maximum atomic E-state index is 12.4. The second-order valence-electron chi connectivity index (χ2n) is 5.98. The van der Waals surface area contributed by atoms with E-state index in [0.717, 1.165) is 15.9 Å². The standard InChI is InChI=1S/C21H19BrN2O2/c1-24(2)18-5-3-4-15(14-18)21(25)23-17-8-12-20(13-9-17)26-19-10-6-16(22)7-11-19/h3-14H,1-2H3,(H,23,25). The van der Waals surface area contributed by atoms with Gasteiger partial charge in [-0.25, -0.2) is 0 Å². The molecule has 0 aliphatic heterocycles. The van der Waals surface area contributed by atoms with Crippen molar-refractivity contribution in [3.05, 3.63) is 82.8 Å². The molecule has 4 nitrogen and oxygen atoms in total. The van der Waals surface area contributed by atoms with Crippen molar-refractivity contribution in [3.63, 3.8) is 0 Å². The second-order valence-corrected chi connectivity index (χ2v) is 6.89. The third-order valence-electron chi connectivity index (χ3n) is 3.79. The zero-order valence-corrected chi connectivity index (χ0v) is 16.2. The Hall–Kier alpha value is -2.79. The van der Waals surface area contributed by atoms with Crippen molar-refractivity contribution in [1.29, 1.82) is 0 Å².